The molecule has 0 aliphatic heterocycles. The van der Waals surface area contributed by atoms with E-state index in [0.717, 1.165) is 18.8 Å². The Balaban J connectivity index is 3.43. The molecule has 1 aromatic rings. The Morgan fingerprint density at radius 2 is 1.56 bits per heavy atom. The zero-order valence-corrected chi connectivity index (χ0v) is 15.5. The third-order valence-corrected chi connectivity index (χ3v) is 3.58. The lowest BCUT2D eigenvalue weighted by atomic mass is 10.00. The molecule has 0 saturated carbocycles. The lowest BCUT2D eigenvalue weighted by Crippen LogP contribution is -2.31. The molecule has 1 rings (SSSR count). The van der Waals surface area contributed by atoms with Crippen molar-refractivity contribution in [3.63, 3.8) is 0 Å². The number of allylic oxidation sites excluding steroid dienone is 2. The van der Waals surface area contributed by atoms with Crippen molar-refractivity contribution in [1.82, 2.24) is 0 Å². The molecule has 0 unspecified atom stereocenters. The van der Waals surface area contributed by atoms with E-state index in [1.54, 1.807) is 18.2 Å². The Labute approximate surface area is 150 Å². The fourth-order valence-electron chi connectivity index (χ4n) is 2.64. The average Bonchev–Trinajstić information content (AvgIpc) is 2.57. The fraction of sp³-hybridized carbons (Fsp3) is 0.450. The maximum Gasteiger partial charge on any atom is 0.148 e. The molecule has 5 heteroatoms. The number of anilines is 1. The molecule has 0 aromatic heterocycles. The van der Waals surface area contributed by atoms with Crippen LogP contribution >= 0.6 is 0 Å². The van der Waals surface area contributed by atoms with Crippen LogP contribution in [0.5, 0.6) is 5.75 Å². The second-order valence-electron chi connectivity index (χ2n) is 6.66. The first-order valence-electron chi connectivity index (χ1n) is 8.25. The zero-order chi connectivity index (χ0) is 19.0. The molecule has 0 aliphatic carbocycles. The maximum atomic E-state index is 9.37. The van der Waals surface area contributed by atoms with Crippen molar-refractivity contribution in [2.45, 2.75) is 27.7 Å². The molecule has 0 fully saturated rings. The number of hydrogen-bond acceptors (Lipinski definition) is 5. The molecule has 1 aromatic carbocycles. The van der Waals surface area contributed by atoms with Crippen molar-refractivity contribution in [3.8, 4) is 24.0 Å². The summed E-state index contributed by atoms with van der Waals surface area (Å²) in [6, 6.07) is 11.0. The molecule has 5 nitrogen and oxygen atoms in total. The maximum absolute atomic E-state index is 9.37. The van der Waals surface area contributed by atoms with Crippen molar-refractivity contribution in [2.75, 3.05) is 25.1 Å². The third kappa shape index (κ3) is 5.27. The molecule has 0 atom stereocenters. The molecule has 0 N–H and O–H groups in total. The molecular weight excluding hydrogens is 312 g/mol. The summed E-state index contributed by atoms with van der Waals surface area (Å²) in [5.74, 6) is 1.49. The van der Waals surface area contributed by atoms with E-state index in [2.05, 4.69) is 32.6 Å². The first kappa shape index (κ1) is 20.1. The van der Waals surface area contributed by atoms with Gasteiger partial charge in [0.1, 0.15) is 29.5 Å². The summed E-state index contributed by atoms with van der Waals surface area (Å²) in [4.78, 5) is 2.28. The highest BCUT2D eigenvalue weighted by Crippen LogP contribution is 2.32. The van der Waals surface area contributed by atoms with Gasteiger partial charge in [-0.25, -0.2) is 0 Å². The summed E-state index contributed by atoms with van der Waals surface area (Å²) >= 11 is 0. The van der Waals surface area contributed by atoms with Crippen molar-refractivity contribution in [3.05, 3.63) is 29.3 Å². The predicted octanol–water partition coefficient (Wildman–Crippen LogP) is 4.14. The number of ether oxygens (including phenoxy) is 1. The molecule has 0 radical (unpaired) electrons. The molecule has 0 heterocycles. The third-order valence-electron chi connectivity index (χ3n) is 3.58. The lowest BCUT2D eigenvalue weighted by molar-refractivity contribution is 0.413. The standard InChI is InChI=1S/C20H24N4O/c1-14(2)12-24(13-15(3)4)17-6-7-18(20(8-17)25-5)19(11-23)16(9-21)10-22/h6-8,14-15H,12-13H2,1-5H3. The van der Waals surface area contributed by atoms with Crippen LogP contribution < -0.4 is 9.64 Å². The summed E-state index contributed by atoms with van der Waals surface area (Å²) in [5.41, 5.74) is 1.28. The quantitative estimate of drug-likeness (QED) is 0.699. The summed E-state index contributed by atoms with van der Waals surface area (Å²) in [5, 5.41) is 27.5. The summed E-state index contributed by atoms with van der Waals surface area (Å²) < 4.78 is 5.44. The van der Waals surface area contributed by atoms with E-state index in [-0.39, 0.29) is 11.1 Å². The van der Waals surface area contributed by atoms with Crippen LogP contribution in [0, 0.1) is 45.8 Å². The van der Waals surface area contributed by atoms with Gasteiger partial charge >= 0.3 is 0 Å². The Morgan fingerprint density at radius 1 is 1.00 bits per heavy atom. The summed E-state index contributed by atoms with van der Waals surface area (Å²) in [6.45, 7) is 10.5. The van der Waals surface area contributed by atoms with Gasteiger partial charge in [0, 0.05) is 30.4 Å². The highest BCUT2D eigenvalue weighted by atomic mass is 16.5. The van der Waals surface area contributed by atoms with Crippen LogP contribution in [0.1, 0.15) is 33.3 Å². The normalized spacial score (nSPS) is 9.92. The Morgan fingerprint density at radius 3 is 1.96 bits per heavy atom. The Kier molecular flexibility index (Phi) is 7.51. The van der Waals surface area contributed by atoms with Crippen LogP contribution in [0.3, 0.4) is 0 Å². The van der Waals surface area contributed by atoms with Gasteiger partial charge in [-0.05, 0) is 24.0 Å². The van der Waals surface area contributed by atoms with Crippen molar-refractivity contribution in [1.29, 1.82) is 15.8 Å². The number of benzene rings is 1. The Bertz CT molecular complexity index is 731. The van der Waals surface area contributed by atoms with Gasteiger partial charge in [-0.15, -0.1) is 0 Å². The van der Waals surface area contributed by atoms with Gasteiger partial charge in [0.15, 0.2) is 0 Å². The minimum absolute atomic E-state index is 0.0349. The van der Waals surface area contributed by atoms with Crippen LogP contribution in [0.25, 0.3) is 5.57 Å². The van der Waals surface area contributed by atoms with Gasteiger partial charge in [-0.3, -0.25) is 0 Å². The van der Waals surface area contributed by atoms with E-state index < -0.39 is 0 Å². The molecule has 0 amide bonds. The SMILES string of the molecule is COc1cc(N(CC(C)C)CC(C)C)ccc1C(C#N)=C(C#N)C#N. The smallest absolute Gasteiger partial charge is 0.148 e. The lowest BCUT2D eigenvalue weighted by Gasteiger charge is -2.29. The minimum atomic E-state index is -0.213. The van der Waals surface area contributed by atoms with Gasteiger partial charge in [0.2, 0.25) is 0 Å². The number of rotatable bonds is 7. The van der Waals surface area contributed by atoms with E-state index in [9.17, 15) is 5.26 Å². The monoisotopic (exact) mass is 336 g/mol. The highest BCUT2D eigenvalue weighted by molar-refractivity contribution is 5.87. The first-order valence-corrected chi connectivity index (χ1v) is 8.25. The van der Waals surface area contributed by atoms with Crippen molar-refractivity contribution < 1.29 is 4.74 Å². The Hall–Kier alpha value is -2.97. The molecule has 130 valence electrons. The van der Waals surface area contributed by atoms with Crippen LogP contribution in [0.2, 0.25) is 0 Å². The number of nitriles is 3. The minimum Gasteiger partial charge on any atom is -0.496 e. The van der Waals surface area contributed by atoms with E-state index in [1.807, 2.05) is 18.2 Å². The number of nitrogens with zero attached hydrogens (tertiary/aromatic N) is 4. The predicted molar refractivity (Wildman–Crippen MR) is 98.6 cm³/mol. The molecular formula is C20H24N4O. The van der Waals surface area contributed by atoms with Gasteiger partial charge in [0.05, 0.1) is 12.7 Å². The van der Waals surface area contributed by atoms with Crippen molar-refractivity contribution in [2.24, 2.45) is 11.8 Å². The van der Waals surface area contributed by atoms with E-state index in [0.29, 0.717) is 23.1 Å². The largest absolute Gasteiger partial charge is 0.496 e. The zero-order valence-electron chi connectivity index (χ0n) is 15.5. The summed E-state index contributed by atoms with van der Waals surface area (Å²) in [6.07, 6.45) is 0. The molecule has 0 bridgehead atoms. The van der Waals surface area contributed by atoms with Gasteiger partial charge in [-0.2, -0.15) is 15.8 Å². The van der Waals surface area contributed by atoms with Crippen LogP contribution in [0.4, 0.5) is 5.69 Å². The molecule has 25 heavy (non-hydrogen) atoms. The molecule has 0 saturated heterocycles. The second kappa shape index (κ2) is 9.36. The van der Waals surface area contributed by atoms with E-state index in [4.69, 9.17) is 15.3 Å². The van der Waals surface area contributed by atoms with Crippen LogP contribution in [-0.2, 0) is 0 Å². The highest BCUT2D eigenvalue weighted by Gasteiger charge is 2.17. The van der Waals surface area contributed by atoms with E-state index >= 15 is 0 Å². The second-order valence-corrected chi connectivity index (χ2v) is 6.66. The summed E-state index contributed by atoms with van der Waals surface area (Å²) in [7, 11) is 1.52. The topological polar surface area (TPSA) is 83.8 Å². The van der Waals surface area contributed by atoms with E-state index in [1.165, 1.54) is 7.11 Å². The first-order chi connectivity index (χ1) is 11.9. The number of methoxy groups -OCH3 is 1. The van der Waals surface area contributed by atoms with Gasteiger partial charge < -0.3 is 9.64 Å². The fourth-order valence-corrected chi connectivity index (χ4v) is 2.64. The molecule has 0 spiro atoms. The van der Waals surface area contributed by atoms with Crippen LogP contribution in [0.15, 0.2) is 23.8 Å². The molecule has 0 aliphatic rings. The van der Waals surface area contributed by atoms with Crippen molar-refractivity contribution >= 4 is 11.3 Å². The van der Waals surface area contributed by atoms with Crippen LogP contribution in [-0.4, -0.2) is 20.2 Å². The van der Waals surface area contributed by atoms with Gasteiger partial charge in [0.25, 0.3) is 0 Å². The van der Waals surface area contributed by atoms with Gasteiger partial charge in [-0.1, -0.05) is 27.7 Å². The average molecular weight is 336 g/mol. The number of hydrogen-bond donors (Lipinski definition) is 0.